The van der Waals surface area contributed by atoms with Gasteiger partial charge in [-0.05, 0) is 70.5 Å². The molecule has 2 heteroatoms. The van der Waals surface area contributed by atoms with Crippen molar-refractivity contribution in [3.05, 3.63) is 105 Å². The van der Waals surface area contributed by atoms with Crippen LogP contribution in [-0.2, 0) is 0 Å². The average molecular weight is 492 g/mol. The first kappa shape index (κ1) is 19.2. The van der Waals surface area contributed by atoms with E-state index in [1.54, 1.807) is 0 Å². The fraction of sp³-hybridized carbons (Fsp3) is 0.0769. The minimum Gasteiger partial charge on any atom is -0.0538 e. The van der Waals surface area contributed by atoms with Gasteiger partial charge in [0, 0.05) is 8.95 Å². The lowest BCUT2D eigenvalue weighted by Crippen LogP contribution is -1.84. The van der Waals surface area contributed by atoms with Crippen LogP contribution in [0.3, 0.4) is 0 Å². The molecular formula is C26H20Br2. The first-order valence-electron chi connectivity index (χ1n) is 9.25. The second-order valence-electron chi connectivity index (χ2n) is 7.08. The summed E-state index contributed by atoms with van der Waals surface area (Å²) in [5.41, 5.74) is 9.93. The van der Waals surface area contributed by atoms with Gasteiger partial charge in [0.05, 0.1) is 0 Å². The summed E-state index contributed by atoms with van der Waals surface area (Å²) in [5, 5.41) is 0. The highest BCUT2D eigenvalue weighted by molar-refractivity contribution is 9.10. The molecule has 0 atom stereocenters. The van der Waals surface area contributed by atoms with Gasteiger partial charge in [0.25, 0.3) is 0 Å². The van der Waals surface area contributed by atoms with Crippen molar-refractivity contribution in [3.63, 3.8) is 0 Å². The highest BCUT2D eigenvalue weighted by atomic mass is 79.9. The smallest absolute Gasteiger partial charge is 0.0204 e. The van der Waals surface area contributed by atoms with Gasteiger partial charge in [-0.1, -0.05) is 105 Å². The van der Waals surface area contributed by atoms with Crippen LogP contribution < -0.4 is 0 Å². The van der Waals surface area contributed by atoms with Crippen LogP contribution in [0.5, 0.6) is 0 Å². The molecule has 0 N–H and O–H groups in total. The fourth-order valence-electron chi connectivity index (χ4n) is 3.36. The Kier molecular flexibility index (Phi) is 5.52. The van der Waals surface area contributed by atoms with Gasteiger partial charge in [-0.15, -0.1) is 0 Å². The normalized spacial score (nSPS) is 10.9. The Bertz CT molecular complexity index is 1030. The molecule has 0 bridgehead atoms. The highest BCUT2D eigenvalue weighted by Crippen LogP contribution is 2.30. The van der Waals surface area contributed by atoms with Gasteiger partial charge in [-0.25, -0.2) is 0 Å². The number of aryl methyl sites for hydroxylation is 2. The van der Waals surface area contributed by atoms with Crippen molar-refractivity contribution in [1.82, 2.24) is 0 Å². The van der Waals surface area contributed by atoms with Crippen LogP contribution in [-0.4, -0.2) is 0 Å². The van der Waals surface area contributed by atoms with Crippen molar-refractivity contribution in [1.29, 1.82) is 0 Å². The first-order valence-corrected chi connectivity index (χ1v) is 10.8. The number of benzene rings is 4. The largest absolute Gasteiger partial charge is 0.0538 e. The summed E-state index contributed by atoms with van der Waals surface area (Å²) in [7, 11) is 0. The van der Waals surface area contributed by atoms with Gasteiger partial charge < -0.3 is 0 Å². The van der Waals surface area contributed by atoms with Gasteiger partial charge in [0.15, 0.2) is 0 Å². The monoisotopic (exact) mass is 490 g/mol. The molecule has 0 radical (unpaired) electrons. The maximum atomic E-state index is 3.57. The van der Waals surface area contributed by atoms with Crippen LogP contribution in [0.25, 0.3) is 33.4 Å². The quantitative estimate of drug-likeness (QED) is 0.268. The van der Waals surface area contributed by atoms with Crippen LogP contribution in [0.4, 0.5) is 0 Å². The average Bonchev–Trinajstić information content (AvgIpc) is 2.72. The molecule has 4 aromatic rings. The van der Waals surface area contributed by atoms with Gasteiger partial charge in [0.1, 0.15) is 0 Å². The van der Waals surface area contributed by atoms with Gasteiger partial charge >= 0.3 is 0 Å². The minimum atomic E-state index is 1.15. The van der Waals surface area contributed by atoms with Crippen molar-refractivity contribution in [2.24, 2.45) is 0 Å². The van der Waals surface area contributed by atoms with Gasteiger partial charge in [-0.2, -0.15) is 0 Å². The Hall–Kier alpha value is -2.16. The van der Waals surface area contributed by atoms with E-state index in [9.17, 15) is 0 Å². The van der Waals surface area contributed by atoms with E-state index in [2.05, 4.69) is 131 Å². The summed E-state index contributed by atoms with van der Waals surface area (Å²) in [5.74, 6) is 0. The molecule has 0 heterocycles. The van der Waals surface area contributed by atoms with E-state index in [4.69, 9.17) is 0 Å². The van der Waals surface area contributed by atoms with E-state index in [1.165, 1.54) is 44.5 Å². The molecule has 0 aliphatic carbocycles. The third-order valence-corrected chi connectivity index (χ3v) is 6.87. The van der Waals surface area contributed by atoms with Crippen molar-refractivity contribution >= 4 is 31.9 Å². The summed E-state index contributed by atoms with van der Waals surface area (Å²) in [6.07, 6.45) is 0. The second kappa shape index (κ2) is 8.06. The lowest BCUT2D eigenvalue weighted by molar-refractivity contribution is 1.43. The molecule has 0 aliphatic heterocycles. The Morgan fingerprint density at radius 3 is 0.929 bits per heavy atom. The zero-order valence-corrected chi connectivity index (χ0v) is 19.0. The Labute approximate surface area is 183 Å². The van der Waals surface area contributed by atoms with Crippen LogP contribution in [0.2, 0.25) is 0 Å². The predicted molar refractivity (Wildman–Crippen MR) is 128 cm³/mol. The lowest BCUT2D eigenvalue weighted by Gasteiger charge is -2.09. The third-order valence-electron chi connectivity index (χ3n) is 5.09. The Balaban J connectivity index is 1.59. The lowest BCUT2D eigenvalue weighted by atomic mass is 9.97. The van der Waals surface area contributed by atoms with Gasteiger partial charge in [0.2, 0.25) is 0 Å². The van der Waals surface area contributed by atoms with Crippen molar-refractivity contribution in [2.45, 2.75) is 13.8 Å². The summed E-state index contributed by atoms with van der Waals surface area (Å²) in [4.78, 5) is 0. The van der Waals surface area contributed by atoms with Crippen LogP contribution >= 0.6 is 31.9 Å². The topological polar surface area (TPSA) is 0 Å². The molecule has 138 valence electrons. The van der Waals surface area contributed by atoms with Crippen LogP contribution in [0.1, 0.15) is 11.1 Å². The molecular weight excluding hydrogens is 472 g/mol. The Morgan fingerprint density at radius 1 is 0.393 bits per heavy atom. The summed E-state index contributed by atoms with van der Waals surface area (Å²) in [6.45, 7) is 4.24. The molecule has 0 unspecified atom stereocenters. The molecule has 0 aromatic heterocycles. The number of rotatable bonds is 3. The highest BCUT2D eigenvalue weighted by Gasteiger charge is 2.04. The zero-order valence-electron chi connectivity index (χ0n) is 15.8. The van der Waals surface area contributed by atoms with E-state index in [0.29, 0.717) is 0 Å². The van der Waals surface area contributed by atoms with E-state index in [-0.39, 0.29) is 0 Å². The first-order chi connectivity index (χ1) is 13.5. The number of hydrogen-bond acceptors (Lipinski definition) is 0. The molecule has 0 saturated heterocycles. The molecule has 28 heavy (non-hydrogen) atoms. The SMILES string of the molecule is Cc1cc(-c2ccc(-c3ccc(-c4ccc(Br)c(C)c4)cc3)cc2)ccc1Br. The van der Waals surface area contributed by atoms with E-state index < -0.39 is 0 Å². The molecule has 0 spiro atoms. The summed E-state index contributed by atoms with van der Waals surface area (Å²) < 4.78 is 2.29. The molecule has 0 amide bonds. The third kappa shape index (κ3) is 3.99. The molecule has 0 aliphatic rings. The summed E-state index contributed by atoms with van der Waals surface area (Å²) >= 11 is 7.14. The molecule has 0 nitrogen and oxygen atoms in total. The Morgan fingerprint density at radius 2 is 0.643 bits per heavy atom. The van der Waals surface area contributed by atoms with Crippen molar-refractivity contribution < 1.29 is 0 Å². The fourth-order valence-corrected chi connectivity index (χ4v) is 3.85. The van der Waals surface area contributed by atoms with E-state index in [1.807, 2.05) is 0 Å². The molecule has 0 saturated carbocycles. The van der Waals surface area contributed by atoms with E-state index >= 15 is 0 Å². The summed E-state index contributed by atoms with van der Waals surface area (Å²) in [6, 6.07) is 30.6. The van der Waals surface area contributed by atoms with Crippen LogP contribution in [0.15, 0.2) is 93.9 Å². The van der Waals surface area contributed by atoms with Crippen molar-refractivity contribution in [3.8, 4) is 33.4 Å². The molecule has 4 aromatic carbocycles. The number of hydrogen-bond donors (Lipinski definition) is 0. The predicted octanol–water partition coefficient (Wildman–Crippen LogP) is 8.83. The van der Waals surface area contributed by atoms with Crippen LogP contribution in [0, 0.1) is 13.8 Å². The van der Waals surface area contributed by atoms with E-state index in [0.717, 1.165) is 8.95 Å². The minimum absolute atomic E-state index is 1.15. The number of halogens is 2. The zero-order chi connectivity index (χ0) is 19.7. The molecule has 0 fully saturated rings. The van der Waals surface area contributed by atoms with Gasteiger partial charge in [-0.3, -0.25) is 0 Å². The standard InChI is InChI=1S/C26H20Br2/c1-17-15-23(11-13-25(17)27)21-7-3-19(4-8-21)20-5-9-22(10-6-20)24-12-14-26(28)18(2)16-24/h3-16H,1-2H3. The maximum Gasteiger partial charge on any atom is 0.0204 e. The molecule has 4 rings (SSSR count). The van der Waals surface area contributed by atoms with Crippen molar-refractivity contribution in [2.75, 3.05) is 0 Å². The second-order valence-corrected chi connectivity index (χ2v) is 8.79. The maximum absolute atomic E-state index is 3.57.